The Hall–Kier alpha value is -2.82. The lowest BCUT2D eigenvalue weighted by atomic mass is 10.1. The van der Waals surface area contributed by atoms with Gasteiger partial charge in [-0.3, -0.25) is 19.2 Å². The Balaban J connectivity index is 1.37. The SMILES string of the molecule is Cn1cnc(C(=O)N2CCN3CCn4c(C(=O)NC5CC5)nnc4C3C2)n1. The van der Waals surface area contributed by atoms with Crippen LogP contribution in [0.1, 0.15) is 45.9 Å². The van der Waals surface area contributed by atoms with Gasteiger partial charge in [0.25, 0.3) is 11.8 Å². The smallest absolute Gasteiger partial charge is 0.293 e. The summed E-state index contributed by atoms with van der Waals surface area (Å²) in [5.41, 5.74) is 0. The van der Waals surface area contributed by atoms with Crippen LogP contribution in [0.15, 0.2) is 6.33 Å². The lowest BCUT2D eigenvalue weighted by Crippen LogP contribution is -2.54. The van der Waals surface area contributed by atoms with Crippen LogP contribution in [0.5, 0.6) is 0 Å². The Morgan fingerprint density at radius 1 is 1.15 bits per heavy atom. The second-order valence-corrected chi connectivity index (χ2v) is 7.33. The van der Waals surface area contributed by atoms with Crippen LogP contribution in [0, 0.1) is 0 Å². The summed E-state index contributed by atoms with van der Waals surface area (Å²) >= 11 is 0. The minimum atomic E-state index is -0.182. The molecule has 1 unspecified atom stereocenters. The molecule has 1 aliphatic carbocycles. The molecule has 11 nitrogen and oxygen atoms in total. The molecule has 1 saturated carbocycles. The number of aromatic nitrogens is 6. The highest BCUT2D eigenvalue weighted by Crippen LogP contribution is 2.29. The van der Waals surface area contributed by atoms with Crippen LogP contribution in [0.3, 0.4) is 0 Å². The maximum absolute atomic E-state index is 12.7. The Morgan fingerprint density at radius 2 is 1.96 bits per heavy atom. The monoisotopic (exact) mass is 371 g/mol. The van der Waals surface area contributed by atoms with E-state index in [4.69, 9.17) is 0 Å². The molecule has 2 aromatic heterocycles. The number of rotatable bonds is 3. The second kappa shape index (κ2) is 6.12. The fourth-order valence-electron chi connectivity index (χ4n) is 3.75. The van der Waals surface area contributed by atoms with Gasteiger partial charge in [-0.15, -0.1) is 15.3 Å². The van der Waals surface area contributed by atoms with Crippen molar-refractivity contribution >= 4 is 11.8 Å². The molecule has 4 heterocycles. The normalized spacial score (nSPS) is 22.3. The molecule has 2 aliphatic heterocycles. The Morgan fingerprint density at radius 3 is 2.70 bits per heavy atom. The third kappa shape index (κ3) is 2.87. The topological polar surface area (TPSA) is 114 Å². The standard InChI is InChI=1S/C16H21N9O2/c1-22-9-17-12(21-22)16(27)24-5-4-23-6-7-25-13(11(23)8-24)19-20-14(25)15(26)18-10-2-3-10/h9-11H,2-8H2,1H3,(H,18,26). The van der Waals surface area contributed by atoms with E-state index in [0.717, 1.165) is 31.8 Å². The first-order valence-corrected chi connectivity index (χ1v) is 9.23. The van der Waals surface area contributed by atoms with Crippen molar-refractivity contribution < 1.29 is 9.59 Å². The van der Waals surface area contributed by atoms with Gasteiger partial charge < -0.3 is 14.8 Å². The number of aryl methyl sites for hydroxylation is 1. The summed E-state index contributed by atoms with van der Waals surface area (Å²) in [5, 5.41) is 15.5. The molecule has 0 aromatic carbocycles. The molecule has 2 aromatic rings. The van der Waals surface area contributed by atoms with Crippen LogP contribution >= 0.6 is 0 Å². The van der Waals surface area contributed by atoms with Crippen LogP contribution in [-0.4, -0.2) is 83.4 Å². The van der Waals surface area contributed by atoms with Crippen LogP contribution < -0.4 is 5.32 Å². The van der Waals surface area contributed by atoms with E-state index in [1.807, 2.05) is 4.57 Å². The van der Waals surface area contributed by atoms with Crippen LogP contribution in [0.2, 0.25) is 0 Å². The van der Waals surface area contributed by atoms with E-state index in [1.54, 1.807) is 11.9 Å². The van der Waals surface area contributed by atoms with Crippen molar-refractivity contribution in [2.24, 2.45) is 7.05 Å². The first kappa shape index (κ1) is 16.4. The van der Waals surface area contributed by atoms with Crippen molar-refractivity contribution in [2.45, 2.75) is 31.5 Å². The van der Waals surface area contributed by atoms with E-state index in [1.165, 1.54) is 11.0 Å². The van der Waals surface area contributed by atoms with Gasteiger partial charge in [0.15, 0.2) is 5.82 Å². The molecule has 142 valence electrons. The van der Waals surface area contributed by atoms with Crippen molar-refractivity contribution in [3.8, 4) is 0 Å². The number of fused-ring (bicyclic) bond motifs is 3. The lowest BCUT2D eigenvalue weighted by molar-refractivity contribution is 0.0364. The quantitative estimate of drug-likeness (QED) is 0.722. The highest BCUT2D eigenvalue weighted by Gasteiger charge is 2.39. The third-order valence-corrected chi connectivity index (χ3v) is 5.37. The molecule has 0 spiro atoms. The fourth-order valence-corrected chi connectivity index (χ4v) is 3.75. The minimum absolute atomic E-state index is 0.0739. The van der Waals surface area contributed by atoms with Gasteiger partial charge >= 0.3 is 0 Å². The maximum atomic E-state index is 12.7. The predicted molar refractivity (Wildman–Crippen MR) is 91.7 cm³/mol. The van der Waals surface area contributed by atoms with Crippen molar-refractivity contribution in [3.05, 3.63) is 23.8 Å². The molecule has 27 heavy (non-hydrogen) atoms. The summed E-state index contributed by atoms with van der Waals surface area (Å²) in [6, 6.07) is 0.203. The molecule has 1 atom stereocenters. The van der Waals surface area contributed by atoms with E-state index in [9.17, 15) is 9.59 Å². The van der Waals surface area contributed by atoms with Gasteiger partial charge in [0, 0.05) is 45.8 Å². The third-order valence-electron chi connectivity index (χ3n) is 5.37. The van der Waals surface area contributed by atoms with Crippen molar-refractivity contribution in [3.63, 3.8) is 0 Å². The molecule has 2 amide bonds. The lowest BCUT2D eigenvalue weighted by Gasteiger charge is -2.43. The Bertz CT molecular complexity index is 900. The van der Waals surface area contributed by atoms with E-state index >= 15 is 0 Å². The van der Waals surface area contributed by atoms with Crippen molar-refractivity contribution in [1.82, 2.24) is 44.6 Å². The molecule has 0 bridgehead atoms. The number of amides is 2. The highest BCUT2D eigenvalue weighted by molar-refractivity contribution is 5.91. The summed E-state index contributed by atoms with van der Waals surface area (Å²) in [7, 11) is 1.74. The average molecular weight is 371 g/mol. The molecule has 3 aliphatic rings. The second-order valence-electron chi connectivity index (χ2n) is 7.33. The van der Waals surface area contributed by atoms with E-state index in [0.29, 0.717) is 25.5 Å². The Labute approximate surface area is 155 Å². The largest absolute Gasteiger partial charge is 0.347 e. The number of nitrogens with zero attached hydrogens (tertiary/aromatic N) is 8. The molecule has 2 fully saturated rings. The van der Waals surface area contributed by atoms with E-state index in [-0.39, 0.29) is 29.7 Å². The number of piperazine rings is 1. The number of carbonyl (C=O) groups is 2. The van der Waals surface area contributed by atoms with Gasteiger partial charge in [-0.1, -0.05) is 0 Å². The molecular formula is C16H21N9O2. The summed E-state index contributed by atoms with van der Waals surface area (Å²) in [6.07, 6.45) is 3.58. The van der Waals surface area contributed by atoms with Gasteiger partial charge in [-0.2, -0.15) is 0 Å². The zero-order valence-corrected chi connectivity index (χ0v) is 15.1. The minimum Gasteiger partial charge on any atom is -0.347 e. The Kier molecular flexibility index (Phi) is 3.71. The number of hydrogen-bond donors (Lipinski definition) is 1. The van der Waals surface area contributed by atoms with Gasteiger partial charge in [-0.05, 0) is 12.8 Å². The fraction of sp³-hybridized carbons (Fsp3) is 0.625. The van der Waals surface area contributed by atoms with Gasteiger partial charge in [0.1, 0.15) is 6.33 Å². The number of carbonyl (C=O) groups excluding carboxylic acids is 2. The predicted octanol–water partition coefficient (Wildman–Crippen LogP) is -1.19. The van der Waals surface area contributed by atoms with Crippen LogP contribution in [0.4, 0.5) is 0 Å². The van der Waals surface area contributed by atoms with Crippen molar-refractivity contribution in [1.29, 1.82) is 0 Å². The molecule has 11 heteroatoms. The molecule has 0 radical (unpaired) electrons. The van der Waals surface area contributed by atoms with Crippen LogP contribution in [0.25, 0.3) is 0 Å². The molecule has 1 saturated heterocycles. The molecule has 1 N–H and O–H groups in total. The summed E-state index contributed by atoms with van der Waals surface area (Å²) < 4.78 is 3.41. The zero-order valence-electron chi connectivity index (χ0n) is 15.1. The van der Waals surface area contributed by atoms with Gasteiger partial charge in [0.05, 0.1) is 6.04 Å². The average Bonchev–Trinajstić information content (AvgIpc) is 3.20. The molecule has 5 rings (SSSR count). The van der Waals surface area contributed by atoms with E-state index in [2.05, 4.69) is 30.5 Å². The first-order valence-electron chi connectivity index (χ1n) is 9.23. The first-order chi connectivity index (χ1) is 13.1. The van der Waals surface area contributed by atoms with Gasteiger partial charge in [-0.25, -0.2) is 4.98 Å². The van der Waals surface area contributed by atoms with Crippen molar-refractivity contribution in [2.75, 3.05) is 26.2 Å². The number of nitrogens with one attached hydrogen (secondary N) is 1. The van der Waals surface area contributed by atoms with Gasteiger partial charge in [0.2, 0.25) is 11.6 Å². The summed E-state index contributed by atoms with van der Waals surface area (Å²) in [4.78, 5) is 33.2. The molecular weight excluding hydrogens is 350 g/mol. The summed E-state index contributed by atoms with van der Waals surface area (Å²) in [6.45, 7) is 3.35. The zero-order chi connectivity index (χ0) is 18.5. The number of hydrogen-bond acceptors (Lipinski definition) is 7. The van der Waals surface area contributed by atoms with E-state index < -0.39 is 0 Å². The van der Waals surface area contributed by atoms with Crippen LogP contribution in [-0.2, 0) is 13.6 Å². The maximum Gasteiger partial charge on any atom is 0.293 e. The highest BCUT2D eigenvalue weighted by atomic mass is 16.2. The summed E-state index contributed by atoms with van der Waals surface area (Å²) in [5.74, 6) is 0.970.